The maximum absolute atomic E-state index is 11.3. The van der Waals surface area contributed by atoms with Gasteiger partial charge in [-0.25, -0.2) is 4.79 Å². The Morgan fingerprint density at radius 2 is 2.00 bits per heavy atom. The standard InChI is InChI=1S/C14H21NO4/c1-3-4-7-19-14(18)15-6-5-11-9-13(17)12(16)8-10(11)2/h8-9,16-17H,3-7H2,1-2H3,(H,15,18). The molecule has 0 saturated carbocycles. The predicted octanol–water partition coefficient (Wildman–Crippen LogP) is 2.48. The van der Waals surface area contributed by atoms with Crippen LogP contribution >= 0.6 is 0 Å². The van der Waals surface area contributed by atoms with E-state index in [1.165, 1.54) is 12.1 Å². The number of hydrogen-bond acceptors (Lipinski definition) is 4. The highest BCUT2D eigenvalue weighted by atomic mass is 16.5. The van der Waals surface area contributed by atoms with Gasteiger partial charge in [-0.15, -0.1) is 0 Å². The Morgan fingerprint density at radius 3 is 2.68 bits per heavy atom. The molecular formula is C14H21NO4. The third kappa shape index (κ3) is 5.07. The zero-order valence-corrected chi connectivity index (χ0v) is 11.4. The predicted molar refractivity (Wildman–Crippen MR) is 72.5 cm³/mol. The van der Waals surface area contributed by atoms with E-state index in [0.717, 1.165) is 24.0 Å². The number of nitrogens with one attached hydrogen (secondary N) is 1. The van der Waals surface area contributed by atoms with Gasteiger partial charge in [-0.2, -0.15) is 0 Å². The van der Waals surface area contributed by atoms with Crippen molar-refractivity contribution in [2.24, 2.45) is 0 Å². The van der Waals surface area contributed by atoms with E-state index in [1.807, 2.05) is 13.8 Å². The van der Waals surface area contributed by atoms with Crippen LogP contribution in [0.4, 0.5) is 4.79 Å². The van der Waals surface area contributed by atoms with Crippen LogP contribution in [0.2, 0.25) is 0 Å². The lowest BCUT2D eigenvalue weighted by molar-refractivity contribution is 0.144. The van der Waals surface area contributed by atoms with Crippen LogP contribution in [0.5, 0.6) is 11.5 Å². The number of rotatable bonds is 6. The van der Waals surface area contributed by atoms with Crippen molar-refractivity contribution in [2.75, 3.05) is 13.2 Å². The van der Waals surface area contributed by atoms with Gasteiger partial charge in [0, 0.05) is 6.54 Å². The van der Waals surface area contributed by atoms with Crippen LogP contribution in [0.15, 0.2) is 12.1 Å². The lowest BCUT2D eigenvalue weighted by Gasteiger charge is -2.09. The summed E-state index contributed by atoms with van der Waals surface area (Å²) < 4.78 is 4.95. The van der Waals surface area contributed by atoms with Gasteiger partial charge in [0.1, 0.15) is 0 Å². The van der Waals surface area contributed by atoms with E-state index in [-0.39, 0.29) is 11.5 Å². The Balaban J connectivity index is 2.37. The smallest absolute Gasteiger partial charge is 0.407 e. The number of ether oxygens (including phenoxy) is 1. The molecule has 0 heterocycles. The number of benzene rings is 1. The molecule has 1 aromatic carbocycles. The van der Waals surface area contributed by atoms with Gasteiger partial charge in [-0.3, -0.25) is 0 Å². The van der Waals surface area contributed by atoms with Gasteiger partial charge in [0.2, 0.25) is 0 Å². The van der Waals surface area contributed by atoms with Crippen LogP contribution in [0, 0.1) is 6.92 Å². The topological polar surface area (TPSA) is 78.8 Å². The molecule has 0 bridgehead atoms. The van der Waals surface area contributed by atoms with Crippen LogP contribution < -0.4 is 5.32 Å². The van der Waals surface area contributed by atoms with Gasteiger partial charge >= 0.3 is 6.09 Å². The molecule has 5 nitrogen and oxygen atoms in total. The summed E-state index contributed by atoms with van der Waals surface area (Å²) >= 11 is 0. The molecule has 1 rings (SSSR count). The molecule has 5 heteroatoms. The maximum Gasteiger partial charge on any atom is 0.407 e. The van der Waals surface area contributed by atoms with Crippen LogP contribution in [-0.4, -0.2) is 29.5 Å². The molecule has 0 atom stereocenters. The summed E-state index contributed by atoms with van der Waals surface area (Å²) in [6.45, 7) is 4.73. The van der Waals surface area contributed by atoms with Gasteiger partial charge in [-0.05, 0) is 43.0 Å². The van der Waals surface area contributed by atoms with Crippen LogP contribution in [0.25, 0.3) is 0 Å². The SMILES string of the molecule is CCCCOC(=O)NCCc1cc(O)c(O)cc1C. The third-order valence-electron chi connectivity index (χ3n) is 2.83. The van der Waals surface area contributed by atoms with Crippen molar-refractivity contribution in [2.45, 2.75) is 33.1 Å². The van der Waals surface area contributed by atoms with E-state index in [2.05, 4.69) is 5.32 Å². The second-order valence-corrected chi connectivity index (χ2v) is 4.43. The summed E-state index contributed by atoms with van der Waals surface area (Å²) in [5.74, 6) is -0.278. The minimum absolute atomic E-state index is 0.131. The molecule has 0 unspecified atom stereocenters. The summed E-state index contributed by atoms with van der Waals surface area (Å²) in [5, 5.41) is 21.4. The highest BCUT2D eigenvalue weighted by Crippen LogP contribution is 2.27. The molecule has 0 aliphatic carbocycles. The second kappa shape index (κ2) is 7.51. The van der Waals surface area contributed by atoms with Crippen molar-refractivity contribution in [3.8, 4) is 11.5 Å². The quantitative estimate of drug-likeness (QED) is 0.546. The number of alkyl carbamates (subject to hydrolysis) is 1. The third-order valence-corrected chi connectivity index (χ3v) is 2.83. The molecule has 0 aromatic heterocycles. The summed E-state index contributed by atoms with van der Waals surface area (Å²) in [6, 6.07) is 3.01. The normalized spacial score (nSPS) is 10.2. The molecule has 1 aromatic rings. The minimum Gasteiger partial charge on any atom is -0.504 e. The van der Waals surface area contributed by atoms with Crippen molar-refractivity contribution in [3.05, 3.63) is 23.3 Å². The van der Waals surface area contributed by atoms with E-state index in [0.29, 0.717) is 19.6 Å². The van der Waals surface area contributed by atoms with Crippen LogP contribution in [0.1, 0.15) is 30.9 Å². The van der Waals surface area contributed by atoms with Gasteiger partial charge in [-0.1, -0.05) is 13.3 Å². The number of amides is 1. The summed E-state index contributed by atoms with van der Waals surface area (Å²) in [5.41, 5.74) is 1.75. The molecule has 0 aliphatic rings. The maximum atomic E-state index is 11.3. The Kier molecular flexibility index (Phi) is 5.99. The van der Waals surface area contributed by atoms with Gasteiger partial charge in [0.05, 0.1) is 6.61 Å². The first-order valence-corrected chi connectivity index (χ1v) is 6.46. The van der Waals surface area contributed by atoms with Gasteiger partial charge in [0.25, 0.3) is 0 Å². The molecule has 0 saturated heterocycles. The zero-order valence-electron chi connectivity index (χ0n) is 11.4. The Hall–Kier alpha value is -1.91. The largest absolute Gasteiger partial charge is 0.504 e. The number of hydrogen-bond donors (Lipinski definition) is 3. The van der Waals surface area contributed by atoms with Crippen molar-refractivity contribution in [1.82, 2.24) is 5.32 Å². The number of aromatic hydroxyl groups is 2. The Labute approximate surface area is 113 Å². The van der Waals surface area contributed by atoms with Gasteiger partial charge in [0.15, 0.2) is 11.5 Å². The highest BCUT2D eigenvalue weighted by molar-refractivity contribution is 5.67. The molecule has 1 amide bonds. The van der Waals surface area contributed by atoms with E-state index in [4.69, 9.17) is 4.74 Å². The average Bonchev–Trinajstić information content (AvgIpc) is 2.36. The number of unbranched alkanes of at least 4 members (excludes halogenated alkanes) is 1. The van der Waals surface area contributed by atoms with Crippen LogP contribution in [0.3, 0.4) is 0 Å². The Bertz CT molecular complexity index is 432. The van der Waals surface area contributed by atoms with E-state index >= 15 is 0 Å². The fraction of sp³-hybridized carbons (Fsp3) is 0.500. The number of phenolic OH excluding ortho intramolecular Hbond substituents is 2. The lowest BCUT2D eigenvalue weighted by atomic mass is 10.0. The molecular weight excluding hydrogens is 246 g/mol. The molecule has 0 aliphatic heterocycles. The second-order valence-electron chi connectivity index (χ2n) is 4.43. The number of carbonyl (C=O) groups is 1. The average molecular weight is 267 g/mol. The van der Waals surface area contributed by atoms with Crippen molar-refractivity contribution in [1.29, 1.82) is 0 Å². The fourth-order valence-electron chi connectivity index (χ4n) is 1.65. The molecule has 0 radical (unpaired) electrons. The summed E-state index contributed by atoms with van der Waals surface area (Å²) in [7, 11) is 0. The minimum atomic E-state index is -0.422. The van der Waals surface area contributed by atoms with E-state index < -0.39 is 6.09 Å². The van der Waals surface area contributed by atoms with Crippen molar-refractivity contribution in [3.63, 3.8) is 0 Å². The molecule has 0 fully saturated rings. The summed E-state index contributed by atoms with van der Waals surface area (Å²) in [6.07, 6.45) is 1.99. The first kappa shape index (κ1) is 15.1. The van der Waals surface area contributed by atoms with Crippen molar-refractivity contribution >= 4 is 6.09 Å². The molecule has 3 N–H and O–H groups in total. The molecule has 0 spiro atoms. The number of aryl methyl sites for hydroxylation is 1. The highest BCUT2D eigenvalue weighted by Gasteiger charge is 2.06. The van der Waals surface area contributed by atoms with Crippen molar-refractivity contribution < 1.29 is 19.7 Å². The number of phenols is 2. The molecule has 106 valence electrons. The van der Waals surface area contributed by atoms with E-state index in [9.17, 15) is 15.0 Å². The lowest BCUT2D eigenvalue weighted by Crippen LogP contribution is -2.26. The molecule has 19 heavy (non-hydrogen) atoms. The Morgan fingerprint density at radius 1 is 1.32 bits per heavy atom. The summed E-state index contributed by atoms with van der Waals surface area (Å²) in [4.78, 5) is 11.3. The van der Waals surface area contributed by atoms with E-state index in [1.54, 1.807) is 0 Å². The van der Waals surface area contributed by atoms with Crippen LogP contribution in [-0.2, 0) is 11.2 Å². The first-order valence-electron chi connectivity index (χ1n) is 6.46. The first-order chi connectivity index (χ1) is 9.04. The monoisotopic (exact) mass is 267 g/mol. The zero-order chi connectivity index (χ0) is 14.3. The number of carbonyl (C=O) groups excluding carboxylic acids is 1. The van der Waals surface area contributed by atoms with Gasteiger partial charge < -0.3 is 20.3 Å². The fourth-order valence-corrected chi connectivity index (χ4v) is 1.65.